The van der Waals surface area contributed by atoms with E-state index in [1.807, 2.05) is 0 Å². The molecule has 0 spiro atoms. The molecule has 1 atom stereocenters. The number of benzene rings is 4. The van der Waals surface area contributed by atoms with Crippen LogP contribution in [-0.4, -0.2) is 25.7 Å². The summed E-state index contributed by atoms with van der Waals surface area (Å²) in [4.78, 5) is 13.5. The fourth-order valence-electron chi connectivity index (χ4n) is 4.13. The number of amides is 2. The Labute approximate surface area is 230 Å². The molecule has 0 bridgehead atoms. The predicted octanol–water partition coefficient (Wildman–Crippen LogP) is 6.33. The molecule has 7 nitrogen and oxygen atoms in total. The van der Waals surface area contributed by atoms with Gasteiger partial charge in [-0.2, -0.15) is 5.01 Å². The van der Waals surface area contributed by atoms with E-state index < -0.39 is 33.8 Å². The number of nitrogens with zero attached hydrogens (tertiary/aromatic N) is 1. The van der Waals surface area contributed by atoms with Crippen LogP contribution in [0.5, 0.6) is 0 Å². The van der Waals surface area contributed by atoms with Gasteiger partial charge in [-0.3, -0.25) is 5.43 Å². The fraction of sp³-hybridized carbons (Fsp3) is 0.138. The average molecular weight is 569 g/mol. The van der Waals surface area contributed by atoms with E-state index >= 15 is 4.39 Å². The molecule has 0 aliphatic heterocycles. The average Bonchev–Trinajstić information content (AvgIpc) is 2.94. The molecule has 0 aliphatic carbocycles. The van der Waals surface area contributed by atoms with Crippen molar-refractivity contribution in [3.63, 3.8) is 0 Å². The summed E-state index contributed by atoms with van der Waals surface area (Å²) >= 11 is 0. The van der Waals surface area contributed by atoms with Gasteiger partial charge in [-0.05, 0) is 60.0 Å². The second kappa shape index (κ2) is 11.8. The Morgan fingerprint density at radius 1 is 0.950 bits per heavy atom. The van der Waals surface area contributed by atoms with Gasteiger partial charge in [-0.25, -0.2) is 26.4 Å². The summed E-state index contributed by atoms with van der Waals surface area (Å²) in [5.74, 6) is -2.35. The quantitative estimate of drug-likeness (QED) is 0.170. The molecule has 2 amide bonds. The van der Waals surface area contributed by atoms with Gasteiger partial charge in [0.15, 0.2) is 21.5 Å². The minimum atomic E-state index is -3.49. The molecule has 0 fully saturated rings. The van der Waals surface area contributed by atoms with Crippen LogP contribution in [0, 0.1) is 18.6 Å². The van der Waals surface area contributed by atoms with Crippen LogP contribution in [0.15, 0.2) is 89.8 Å². The van der Waals surface area contributed by atoms with Gasteiger partial charge in [-0.15, -0.1) is 0 Å². The van der Waals surface area contributed by atoms with Gasteiger partial charge in [0.1, 0.15) is 0 Å². The third-order valence-electron chi connectivity index (χ3n) is 6.23. The van der Waals surface area contributed by atoms with Crippen LogP contribution in [0.4, 0.5) is 29.3 Å². The third kappa shape index (κ3) is 6.27. The molecule has 0 heterocycles. The lowest BCUT2D eigenvalue weighted by molar-refractivity contribution is 0.133. The maximum absolute atomic E-state index is 15.9. The van der Waals surface area contributed by atoms with Crippen molar-refractivity contribution < 1.29 is 26.4 Å². The zero-order chi connectivity index (χ0) is 29.0. The zero-order valence-corrected chi connectivity index (χ0v) is 22.5. The van der Waals surface area contributed by atoms with Crippen molar-refractivity contribution in [2.45, 2.75) is 24.7 Å². The predicted molar refractivity (Wildman–Crippen MR) is 149 cm³/mol. The lowest BCUT2D eigenvalue weighted by Gasteiger charge is -2.29. The lowest BCUT2D eigenvalue weighted by Crippen LogP contribution is -2.41. The Balaban J connectivity index is 1.64. The van der Waals surface area contributed by atoms with Crippen LogP contribution in [0.25, 0.3) is 11.1 Å². The van der Waals surface area contributed by atoms with Gasteiger partial charge < -0.3 is 11.1 Å². The van der Waals surface area contributed by atoms with Crippen molar-refractivity contribution in [2.24, 2.45) is 5.73 Å². The van der Waals surface area contributed by atoms with Crippen molar-refractivity contribution in [3.8, 4) is 11.1 Å². The molecule has 40 heavy (non-hydrogen) atoms. The largest absolute Gasteiger partial charge is 0.343 e. The molecule has 0 saturated heterocycles. The third-order valence-corrected chi connectivity index (χ3v) is 7.38. The van der Waals surface area contributed by atoms with E-state index in [0.717, 1.165) is 24.0 Å². The molecule has 11 heteroatoms. The highest BCUT2D eigenvalue weighted by Gasteiger charge is 2.29. The molecule has 4 rings (SSSR count). The number of hydrazine groups is 1. The standard InChI is InChI=1S/C29H27F3N4O3S/c1-18-23(14-15-25(30)27(18)31)28(32)36(35-22-7-5-6-19(16-22)17-33)29(37)34-21-12-10-20(11-13-21)24-8-3-4-9-26(24)40(2,38)39/h3-16,28,35H,17,33H2,1-2H3,(H,34,37). The second-order valence-corrected chi connectivity index (χ2v) is 11.1. The molecular weight excluding hydrogens is 541 g/mol. The minimum absolute atomic E-state index is 0.157. The Kier molecular flexibility index (Phi) is 8.46. The fourth-order valence-corrected chi connectivity index (χ4v) is 5.04. The smallest absolute Gasteiger partial charge is 0.326 e. The van der Waals surface area contributed by atoms with E-state index in [4.69, 9.17) is 5.73 Å². The van der Waals surface area contributed by atoms with Crippen molar-refractivity contribution >= 4 is 27.2 Å². The molecule has 0 saturated carbocycles. The number of anilines is 2. The number of carbonyl (C=O) groups is 1. The maximum Gasteiger partial charge on any atom is 0.343 e. The molecule has 208 valence electrons. The summed E-state index contributed by atoms with van der Waals surface area (Å²) < 4.78 is 68.2. The number of nitrogens with one attached hydrogen (secondary N) is 2. The van der Waals surface area contributed by atoms with E-state index in [1.54, 1.807) is 54.6 Å². The summed E-state index contributed by atoms with van der Waals surface area (Å²) in [7, 11) is -3.49. The topological polar surface area (TPSA) is 105 Å². The van der Waals surface area contributed by atoms with Gasteiger partial charge in [0.25, 0.3) is 0 Å². The number of rotatable bonds is 8. The van der Waals surface area contributed by atoms with Gasteiger partial charge in [0.05, 0.1) is 10.6 Å². The van der Waals surface area contributed by atoms with Gasteiger partial charge >= 0.3 is 6.03 Å². The SMILES string of the molecule is Cc1c(C(F)N(Nc2cccc(CN)c2)C(=O)Nc2ccc(-c3ccccc3S(C)(=O)=O)cc2)ccc(F)c1F. The van der Waals surface area contributed by atoms with E-state index in [1.165, 1.54) is 25.1 Å². The molecule has 4 aromatic carbocycles. The molecule has 0 aromatic heterocycles. The van der Waals surface area contributed by atoms with Crippen LogP contribution in [0.1, 0.15) is 23.0 Å². The highest BCUT2D eigenvalue weighted by Crippen LogP contribution is 2.31. The molecule has 4 N–H and O–H groups in total. The van der Waals surface area contributed by atoms with E-state index in [-0.39, 0.29) is 28.3 Å². The van der Waals surface area contributed by atoms with Crippen molar-refractivity contribution in [1.29, 1.82) is 0 Å². The molecule has 0 aliphatic rings. The summed E-state index contributed by atoms with van der Waals surface area (Å²) in [5, 5.41) is 3.21. The Hall–Kier alpha value is -4.35. The van der Waals surface area contributed by atoms with Gasteiger partial charge in [0.2, 0.25) is 6.30 Å². The monoisotopic (exact) mass is 568 g/mol. The normalized spacial score (nSPS) is 12.1. The number of alkyl halides is 1. The highest BCUT2D eigenvalue weighted by molar-refractivity contribution is 7.90. The minimum Gasteiger partial charge on any atom is -0.326 e. The number of halogens is 3. The summed E-state index contributed by atoms with van der Waals surface area (Å²) in [6, 6.07) is 20.4. The Morgan fingerprint density at radius 3 is 2.33 bits per heavy atom. The first kappa shape index (κ1) is 28.7. The van der Waals surface area contributed by atoms with Crippen molar-refractivity contribution in [1.82, 2.24) is 5.01 Å². The van der Waals surface area contributed by atoms with Crippen LogP contribution < -0.4 is 16.5 Å². The molecular formula is C29H27F3N4O3S. The van der Waals surface area contributed by atoms with Crippen molar-refractivity contribution in [3.05, 3.63) is 113 Å². The number of sulfone groups is 1. The van der Waals surface area contributed by atoms with Crippen LogP contribution >= 0.6 is 0 Å². The maximum atomic E-state index is 15.9. The molecule has 1 unspecified atom stereocenters. The van der Waals surface area contributed by atoms with Gasteiger partial charge in [-0.1, -0.05) is 48.5 Å². The first-order valence-corrected chi connectivity index (χ1v) is 14.0. The first-order chi connectivity index (χ1) is 19.0. The Morgan fingerprint density at radius 2 is 1.65 bits per heavy atom. The van der Waals surface area contributed by atoms with E-state index in [0.29, 0.717) is 21.8 Å². The summed E-state index contributed by atoms with van der Waals surface area (Å²) in [6.07, 6.45) is -1.09. The van der Waals surface area contributed by atoms with Crippen LogP contribution in [-0.2, 0) is 16.4 Å². The van der Waals surface area contributed by atoms with Crippen molar-refractivity contribution in [2.75, 3.05) is 17.0 Å². The number of carbonyl (C=O) groups excluding carboxylic acids is 1. The lowest BCUT2D eigenvalue weighted by atomic mass is 10.1. The van der Waals surface area contributed by atoms with E-state index in [2.05, 4.69) is 10.7 Å². The van der Waals surface area contributed by atoms with Gasteiger partial charge in [0, 0.05) is 29.6 Å². The summed E-state index contributed by atoms with van der Waals surface area (Å²) in [6.45, 7) is 1.43. The summed E-state index contributed by atoms with van der Waals surface area (Å²) in [5.41, 5.74) is 10.3. The number of hydrogen-bond donors (Lipinski definition) is 3. The van der Waals surface area contributed by atoms with Crippen LogP contribution in [0.3, 0.4) is 0 Å². The zero-order valence-electron chi connectivity index (χ0n) is 21.7. The molecule has 4 aromatic rings. The van der Waals surface area contributed by atoms with E-state index in [9.17, 15) is 22.0 Å². The second-order valence-electron chi connectivity index (χ2n) is 9.07. The highest BCUT2D eigenvalue weighted by atomic mass is 32.2. The number of urea groups is 1. The Bertz CT molecular complexity index is 1650. The van der Waals surface area contributed by atoms with Crippen LogP contribution in [0.2, 0.25) is 0 Å². The number of nitrogens with two attached hydrogens (primary N) is 1. The number of hydrogen-bond acceptors (Lipinski definition) is 5. The molecule has 0 radical (unpaired) electrons. The first-order valence-electron chi connectivity index (χ1n) is 12.1.